The second kappa shape index (κ2) is 8.36. The lowest BCUT2D eigenvalue weighted by Gasteiger charge is -2.11. The van der Waals surface area contributed by atoms with E-state index in [4.69, 9.17) is 4.74 Å². The van der Waals surface area contributed by atoms with Gasteiger partial charge in [0.25, 0.3) is 0 Å². The maximum absolute atomic E-state index is 12.4. The minimum atomic E-state index is 0.0180. The number of aromatic nitrogens is 4. The number of rotatable bonds is 7. The number of carbonyl (C=O) groups is 1. The van der Waals surface area contributed by atoms with Gasteiger partial charge in [0.1, 0.15) is 5.75 Å². The lowest BCUT2D eigenvalue weighted by atomic mass is 10.2. The highest BCUT2D eigenvalue weighted by Gasteiger charge is 2.18. The number of ketones is 1. The van der Waals surface area contributed by atoms with Crippen molar-refractivity contribution in [2.75, 3.05) is 12.9 Å². The van der Waals surface area contributed by atoms with Crippen molar-refractivity contribution < 1.29 is 9.53 Å². The molecule has 1 N–H and O–H groups in total. The number of nitrogens with zero attached hydrogens (tertiary/aromatic N) is 3. The van der Waals surface area contributed by atoms with E-state index in [1.165, 1.54) is 17.3 Å². The summed E-state index contributed by atoms with van der Waals surface area (Å²) in [5.41, 5.74) is 3.63. The summed E-state index contributed by atoms with van der Waals surface area (Å²) in [6.45, 7) is 2.05. The van der Waals surface area contributed by atoms with Crippen molar-refractivity contribution >= 4 is 17.5 Å². The smallest absolute Gasteiger partial charge is 0.196 e. The number of benzene rings is 2. The maximum Gasteiger partial charge on any atom is 0.196 e. The second-order valence-corrected chi connectivity index (χ2v) is 7.44. The Labute approximate surface area is 172 Å². The van der Waals surface area contributed by atoms with E-state index < -0.39 is 0 Å². The van der Waals surface area contributed by atoms with Gasteiger partial charge in [0, 0.05) is 17.4 Å². The zero-order valence-electron chi connectivity index (χ0n) is 16.1. The summed E-state index contributed by atoms with van der Waals surface area (Å²) < 4.78 is 7.23. The summed E-state index contributed by atoms with van der Waals surface area (Å²) in [5, 5.41) is 9.45. The molecular weight excluding hydrogens is 384 g/mol. The van der Waals surface area contributed by atoms with E-state index >= 15 is 0 Å². The Morgan fingerprint density at radius 3 is 2.48 bits per heavy atom. The van der Waals surface area contributed by atoms with Crippen LogP contribution in [0.1, 0.15) is 16.1 Å². The van der Waals surface area contributed by atoms with Crippen LogP contribution in [-0.4, -0.2) is 38.4 Å². The number of hydrogen-bond acceptors (Lipinski definition) is 5. The highest BCUT2D eigenvalue weighted by molar-refractivity contribution is 7.99. The average molecular weight is 404 g/mol. The molecule has 0 aliphatic rings. The molecule has 0 saturated heterocycles. The Morgan fingerprint density at radius 2 is 1.83 bits per heavy atom. The zero-order valence-corrected chi connectivity index (χ0v) is 16.9. The lowest BCUT2D eigenvalue weighted by molar-refractivity contribution is 0.101. The van der Waals surface area contributed by atoms with Crippen LogP contribution in [0.2, 0.25) is 0 Å². The van der Waals surface area contributed by atoms with Crippen molar-refractivity contribution in [2.45, 2.75) is 12.1 Å². The summed E-state index contributed by atoms with van der Waals surface area (Å²) in [7, 11) is 1.64. The van der Waals surface area contributed by atoms with E-state index in [2.05, 4.69) is 15.2 Å². The minimum Gasteiger partial charge on any atom is -0.497 e. The number of thioether (sulfide) groups is 1. The van der Waals surface area contributed by atoms with Crippen LogP contribution in [0.5, 0.6) is 5.75 Å². The van der Waals surface area contributed by atoms with Crippen LogP contribution in [0.4, 0.5) is 0 Å². The van der Waals surface area contributed by atoms with Gasteiger partial charge in [0.2, 0.25) is 0 Å². The monoisotopic (exact) mass is 404 g/mol. The molecule has 0 saturated carbocycles. The maximum atomic E-state index is 12.4. The van der Waals surface area contributed by atoms with E-state index in [-0.39, 0.29) is 11.5 Å². The van der Waals surface area contributed by atoms with Gasteiger partial charge in [-0.2, -0.15) is 0 Å². The van der Waals surface area contributed by atoms with E-state index in [0.29, 0.717) is 16.7 Å². The van der Waals surface area contributed by atoms with Crippen molar-refractivity contribution in [3.8, 4) is 22.8 Å². The van der Waals surface area contributed by atoms with Crippen molar-refractivity contribution in [3.63, 3.8) is 0 Å². The van der Waals surface area contributed by atoms with Crippen LogP contribution in [0, 0.1) is 6.92 Å². The Kier molecular flexibility index (Phi) is 5.48. The number of aryl methyl sites for hydroxylation is 1. The third-order valence-electron chi connectivity index (χ3n) is 4.50. The van der Waals surface area contributed by atoms with Crippen molar-refractivity contribution in [1.29, 1.82) is 0 Å². The quantitative estimate of drug-likeness (QED) is 0.361. The summed E-state index contributed by atoms with van der Waals surface area (Å²) in [4.78, 5) is 15.3. The van der Waals surface area contributed by atoms with Crippen LogP contribution in [0.25, 0.3) is 17.1 Å². The Balaban J connectivity index is 1.69. The summed E-state index contributed by atoms with van der Waals surface area (Å²) in [6.07, 6.45) is 1.74. The minimum absolute atomic E-state index is 0.0180. The molecule has 0 aliphatic heterocycles. The summed E-state index contributed by atoms with van der Waals surface area (Å²) >= 11 is 1.37. The zero-order chi connectivity index (χ0) is 20.2. The first-order valence-corrected chi connectivity index (χ1v) is 10.1. The number of ether oxygens (including phenoxy) is 1. The van der Waals surface area contributed by atoms with Gasteiger partial charge in [-0.25, -0.2) is 0 Å². The van der Waals surface area contributed by atoms with Gasteiger partial charge in [-0.3, -0.25) is 9.36 Å². The van der Waals surface area contributed by atoms with Gasteiger partial charge >= 0.3 is 0 Å². The van der Waals surface area contributed by atoms with Crippen LogP contribution < -0.4 is 4.74 Å². The third kappa shape index (κ3) is 4.09. The van der Waals surface area contributed by atoms with Gasteiger partial charge in [0.05, 0.1) is 18.6 Å². The molecule has 0 aliphatic carbocycles. The molecule has 0 atom stereocenters. The number of aromatic amines is 1. The molecule has 2 aromatic carbocycles. The molecule has 0 fully saturated rings. The van der Waals surface area contributed by atoms with E-state index in [9.17, 15) is 4.79 Å². The standard InChI is InChI=1S/C22H20N4O2S/c1-15-5-9-17(10-6-15)26-21(16-7-11-18(28-2)12-8-16)24-25-22(26)29-14-20(27)19-4-3-13-23-19/h3-13,23H,14H2,1-2H3. The fraction of sp³-hybridized carbons (Fsp3) is 0.136. The second-order valence-electron chi connectivity index (χ2n) is 6.50. The normalized spacial score (nSPS) is 10.8. The van der Waals surface area contributed by atoms with Crippen LogP contribution in [0.15, 0.2) is 72.0 Å². The number of carbonyl (C=O) groups excluding carboxylic acids is 1. The van der Waals surface area contributed by atoms with Crippen LogP contribution >= 0.6 is 11.8 Å². The molecule has 4 aromatic rings. The summed E-state index contributed by atoms with van der Waals surface area (Å²) in [5.74, 6) is 1.78. The predicted octanol–water partition coefficient (Wildman–Crippen LogP) is 4.55. The predicted molar refractivity (Wildman–Crippen MR) is 114 cm³/mol. The van der Waals surface area contributed by atoms with Gasteiger partial charge in [-0.1, -0.05) is 29.5 Å². The Morgan fingerprint density at radius 1 is 1.07 bits per heavy atom. The molecule has 7 heteroatoms. The fourth-order valence-corrected chi connectivity index (χ4v) is 3.76. The van der Waals surface area contributed by atoms with Crippen molar-refractivity contribution in [2.24, 2.45) is 0 Å². The molecule has 0 unspecified atom stereocenters. The van der Waals surface area contributed by atoms with Crippen molar-refractivity contribution in [1.82, 2.24) is 19.7 Å². The number of hydrogen-bond donors (Lipinski definition) is 1. The van der Waals surface area contributed by atoms with Gasteiger partial charge in [-0.05, 0) is 55.5 Å². The first-order chi connectivity index (χ1) is 14.2. The van der Waals surface area contributed by atoms with Gasteiger partial charge in [-0.15, -0.1) is 10.2 Å². The molecule has 0 radical (unpaired) electrons. The molecule has 146 valence electrons. The van der Waals surface area contributed by atoms with Crippen molar-refractivity contribution in [3.05, 3.63) is 78.1 Å². The molecular formula is C22H20N4O2S. The van der Waals surface area contributed by atoms with Gasteiger partial charge in [0.15, 0.2) is 16.8 Å². The molecule has 4 rings (SSSR count). The first-order valence-electron chi connectivity index (χ1n) is 9.12. The lowest BCUT2D eigenvalue weighted by Crippen LogP contribution is -2.05. The van der Waals surface area contributed by atoms with Crippen LogP contribution in [0.3, 0.4) is 0 Å². The highest BCUT2D eigenvalue weighted by atomic mass is 32.2. The van der Waals surface area contributed by atoms with Gasteiger partial charge < -0.3 is 9.72 Å². The highest BCUT2D eigenvalue weighted by Crippen LogP contribution is 2.29. The number of Topliss-reactive ketones (excluding diaryl/α,β-unsaturated/α-hetero) is 1. The molecule has 0 amide bonds. The van der Waals surface area contributed by atoms with Crippen LogP contribution in [-0.2, 0) is 0 Å². The summed E-state index contributed by atoms with van der Waals surface area (Å²) in [6, 6.07) is 19.4. The molecule has 2 heterocycles. The number of methoxy groups -OCH3 is 1. The Hall–Kier alpha value is -3.32. The number of H-pyrrole nitrogens is 1. The topological polar surface area (TPSA) is 72.8 Å². The third-order valence-corrected chi connectivity index (χ3v) is 5.43. The molecule has 0 bridgehead atoms. The fourth-order valence-electron chi connectivity index (χ4n) is 2.93. The van der Waals surface area contributed by atoms with E-state index in [0.717, 1.165) is 17.0 Å². The van der Waals surface area contributed by atoms with E-state index in [1.807, 2.05) is 66.1 Å². The largest absolute Gasteiger partial charge is 0.497 e. The molecule has 2 aromatic heterocycles. The first kappa shape index (κ1) is 19.0. The van der Waals surface area contributed by atoms with E-state index in [1.54, 1.807) is 19.4 Å². The molecule has 0 spiro atoms. The SMILES string of the molecule is COc1ccc(-c2nnc(SCC(=O)c3ccc[nH]3)n2-c2ccc(C)cc2)cc1. The molecule has 29 heavy (non-hydrogen) atoms. The number of nitrogens with one attached hydrogen (secondary N) is 1. The average Bonchev–Trinajstić information content (AvgIpc) is 3.43. The molecule has 6 nitrogen and oxygen atoms in total. The Bertz CT molecular complexity index is 1100.